The second-order valence-corrected chi connectivity index (χ2v) is 6.16. The minimum absolute atomic E-state index is 0.260. The maximum atomic E-state index is 13.0. The van der Waals surface area contributed by atoms with E-state index >= 15 is 0 Å². The first kappa shape index (κ1) is 14.2. The summed E-state index contributed by atoms with van der Waals surface area (Å²) in [5, 5.41) is 9.88. The Balaban J connectivity index is 1.73. The Morgan fingerprint density at radius 2 is 1.78 bits per heavy atom. The van der Waals surface area contributed by atoms with E-state index in [0.717, 1.165) is 27.9 Å². The van der Waals surface area contributed by atoms with Gasteiger partial charge in [-0.25, -0.2) is 8.78 Å². The lowest BCUT2D eigenvalue weighted by atomic mass is 10.1. The number of fused-ring (bicyclic) bond motifs is 1. The van der Waals surface area contributed by atoms with Crippen molar-refractivity contribution in [2.24, 2.45) is 14.1 Å². The van der Waals surface area contributed by atoms with Crippen LogP contribution in [0, 0.1) is 6.92 Å². The van der Waals surface area contributed by atoms with Gasteiger partial charge in [0.15, 0.2) is 5.82 Å². The zero-order valence-corrected chi connectivity index (χ0v) is 13.2. The third-order valence-electron chi connectivity index (χ3n) is 4.37. The van der Waals surface area contributed by atoms with Crippen molar-refractivity contribution in [3.8, 4) is 11.3 Å². The topological polar surface area (TPSA) is 38.9 Å². The van der Waals surface area contributed by atoms with Crippen LogP contribution in [0.1, 0.15) is 5.69 Å². The Hall–Kier alpha value is -2.44. The summed E-state index contributed by atoms with van der Waals surface area (Å²) in [5.74, 6) is -2.00. The number of anilines is 1. The predicted molar refractivity (Wildman–Crippen MR) is 84.8 cm³/mol. The van der Waals surface area contributed by atoms with Crippen molar-refractivity contribution in [2.75, 3.05) is 18.0 Å². The quantitative estimate of drug-likeness (QED) is 0.729. The monoisotopic (exact) mass is 317 g/mol. The number of alkyl halides is 2. The Kier molecular flexibility index (Phi) is 2.79. The van der Waals surface area contributed by atoms with Crippen molar-refractivity contribution in [2.45, 2.75) is 12.8 Å². The lowest BCUT2D eigenvalue weighted by Gasteiger charge is -2.38. The first-order valence-corrected chi connectivity index (χ1v) is 7.45. The summed E-state index contributed by atoms with van der Waals surface area (Å²) in [4.78, 5) is 1.59. The molecule has 2 aromatic heterocycles. The van der Waals surface area contributed by atoms with Gasteiger partial charge in [-0.15, -0.1) is 0 Å². The molecule has 0 bridgehead atoms. The highest BCUT2D eigenvalue weighted by Crippen LogP contribution is 2.34. The minimum Gasteiger partial charge on any atom is -0.343 e. The molecule has 4 rings (SSSR count). The highest BCUT2D eigenvalue weighted by Gasteiger charge is 2.44. The number of halogens is 2. The fourth-order valence-corrected chi connectivity index (χ4v) is 3.15. The van der Waals surface area contributed by atoms with Crippen LogP contribution in [0.25, 0.3) is 22.2 Å². The van der Waals surface area contributed by atoms with E-state index < -0.39 is 5.92 Å². The summed E-state index contributed by atoms with van der Waals surface area (Å²) in [7, 11) is 3.75. The number of nitrogens with zero attached hydrogens (tertiary/aromatic N) is 5. The number of hydrogen-bond donors (Lipinski definition) is 0. The Morgan fingerprint density at radius 3 is 2.48 bits per heavy atom. The molecule has 3 heterocycles. The largest absolute Gasteiger partial charge is 0.343 e. The van der Waals surface area contributed by atoms with Gasteiger partial charge in [-0.1, -0.05) is 6.07 Å². The molecule has 0 N–H and O–H groups in total. The summed E-state index contributed by atoms with van der Waals surface area (Å²) < 4.78 is 29.7. The number of rotatable bonds is 2. The van der Waals surface area contributed by atoms with Gasteiger partial charge in [0, 0.05) is 31.1 Å². The molecule has 1 fully saturated rings. The molecular formula is C16H17F2N5. The van der Waals surface area contributed by atoms with Crippen LogP contribution in [-0.4, -0.2) is 38.6 Å². The van der Waals surface area contributed by atoms with E-state index in [0.29, 0.717) is 5.82 Å². The first-order chi connectivity index (χ1) is 10.8. The van der Waals surface area contributed by atoms with Gasteiger partial charge in [-0.05, 0) is 19.1 Å². The van der Waals surface area contributed by atoms with Crippen LogP contribution in [0.5, 0.6) is 0 Å². The lowest BCUT2D eigenvalue weighted by Crippen LogP contribution is -2.56. The molecule has 0 unspecified atom stereocenters. The van der Waals surface area contributed by atoms with Gasteiger partial charge >= 0.3 is 0 Å². The van der Waals surface area contributed by atoms with E-state index in [4.69, 9.17) is 0 Å². The Morgan fingerprint density at radius 1 is 1.04 bits per heavy atom. The van der Waals surface area contributed by atoms with Crippen LogP contribution < -0.4 is 4.90 Å². The fourth-order valence-electron chi connectivity index (χ4n) is 3.15. The molecule has 1 aliphatic rings. The van der Waals surface area contributed by atoms with Gasteiger partial charge < -0.3 is 4.90 Å². The van der Waals surface area contributed by atoms with Gasteiger partial charge in [0.05, 0.1) is 30.0 Å². The average Bonchev–Trinajstić information content (AvgIpc) is 2.97. The van der Waals surface area contributed by atoms with E-state index in [1.165, 1.54) is 0 Å². The van der Waals surface area contributed by atoms with Crippen molar-refractivity contribution in [1.29, 1.82) is 0 Å². The molecule has 0 saturated carbocycles. The Labute approximate surface area is 132 Å². The number of aromatic nitrogens is 4. The van der Waals surface area contributed by atoms with Crippen molar-refractivity contribution < 1.29 is 8.78 Å². The highest BCUT2D eigenvalue weighted by atomic mass is 19.3. The summed E-state index contributed by atoms with van der Waals surface area (Å²) in [6.45, 7) is 1.46. The van der Waals surface area contributed by atoms with Gasteiger partial charge in [0.2, 0.25) is 0 Å². The van der Waals surface area contributed by atoms with Crippen LogP contribution in [-0.2, 0) is 14.1 Å². The van der Waals surface area contributed by atoms with E-state index in [1.807, 2.05) is 43.9 Å². The molecule has 0 aliphatic carbocycles. The van der Waals surface area contributed by atoms with E-state index in [9.17, 15) is 8.78 Å². The van der Waals surface area contributed by atoms with Crippen LogP contribution in [0.3, 0.4) is 0 Å². The molecule has 120 valence electrons. The molecule has 1 aromatic carbocycles. The third-order valence-corrected chi connectivity index (χ3v) is 4.37. The third kappa shape index (κ3) is 2.18. The summed E-state index contributed by atoms with van der Waals surface area (Å²) in [5.41, 5.74) is 3.94. The second kappa shape index (κ2) is 4.53. The molecule has 1 saturated heterocycles. The lowest BCUT2D eigenvalue weighted by molar-refractivity contribution is -0.0267. The van der Waals surface area contributed by atoms with Gasteiger partial charge in [0.25, 0.3) is 5.92 Å². The molecule has 1 aliphatic heterocycles. The zero-order valence-electron chi connectivity index (χ0n) is 13.2. The number of hydrogen-bond acceptors (Lipinski definition) is 3. The molecule has 23 heavy (non-hydrogen) atoms. The molecule has 3 aromatic rings. The average molecular weight is 317 g/mol. The first-order valence-electron chi connectivity index (χ1n) is 7.45. The van der Waals surface area contributed by atoms with Gasteiger partial charge in [-0.2, -0.15) is 10.2 Å². The minimum atomic E-state index is -2.59. The van der Waals surface area contributed by atoms with Crippen molar-refractivity contribution in [3.63, 3.8) is 0 Å². The fraction of sp³-hybridized carbons (Fsp3) is 0.375. The Bertz CT molecular complexity index is 901. The molecule has 0 amide bonds. The van der Waals surface area contributed by atoms with Crippen LogP contribution >= 0.6 is 0 Å². The van der Waals surface area contributed by atoms with Gasteiger partial charge in [-0.3, -0.25) is 9.36 Å². The molecule has 7 heteroatoms. The van der Waals surface area contributed by atoms with Crippen LogP contribution in [0.15, 0.2) is 24.3 Å². The second-order valence-electron chi connectivity index (χ2n) is 6.16. The highest BCUT2D eigenvalue weighted by molar-refractivity contribution is 5.86. The SMILES string of the molecule is Cc1nn(C)c2ccc(-c3cc(N4CC(F)(F)C4)nn3C)cc12. The van der Waals surface area contributed by atoms with Crippen molar-refractivity contribution >= 4 is 16.7 Å². The standard InChI is InChI=1S/C16H17F2N5/c1-10-12-6-11(4-5-13(12)21(2)19-10)14-7-15(20-22(14)3)23-8-16(17,18)9-23/h4-7H,8-9H2,1-3H3. The van der Waals surface area contributed by atoms with Gasteiger partial charge in [0.1, 0.15) is 0 Å². The molecular weight excluding hydrogens is 300 g/mol. The maximum Gasteiger partial charge on any atom is 0.282 e. The summed E-state index contributed by atoms with van der Waals surface area (Å²) in [6.07, 6.45) is 0. The summed E-state index contributed by atoms with van der Waals surface area (Å²) >= 11 is 0. The van der Waals surface area contributed by atoms with E-state index in [1.54, 1.807) is 9.58 Å². The molecule has 0 atom stereocenters. The number of aryl methyl sites for hydroxylation is 3. The molecule has 0 radical (unpaired) electrons. The summed E-state index contributed by atoms with van der Waals surface area (Å²) in [6, 6.07) is 7.97. The maximum absolute atomic E-state index is 13.0. The zero-order chi connectivity index (χ0) is 16.4. The van der Waals surface area contributed by atoms with Crippen molar-refractivity contribution in [1.82, 2.24) is 19.6 Å². The van der Waals surface area contributed by atoms with Crippen LogP contribution in [0.2, 0.25) is 0 Å². The number of benzene rings is 1. The normalized spacial score (nSPS) is 16.8. The van der Waals surface area contributed by atoms with Crippen molar-refractivity contribution in [3.05, 3.63) is 30.0 Å². The molecule has 5 nitrogen and oxygen atoms in total. The molecule has 0 spiro atoms. The van der Waals surface area contributed by atoms with E-state index in [2.05, 4.69) is 16.3 Å². The van der Waals surface area contributed by atoms with Crippen LogP contribution in [0.4, 0.5) is 14.6 Å². The predicted octanol–water partition coefficient (Wildman–Crippen LogP) is 2.74. The van der Waals surface area contributed by atoms with E-state index in [-0.39, 0.29) is 13.1 Å². The smallest absolute Gasteiger partial charge is 0.282 e.